The van der Waals surface area contributed by atoms with E-state index in [0.29, 0.717) is 6.04 Å². The Labute approximate surface area is 129 Å². The number of H-pyrrole nitrogens is 1. The summed E-state index contributed by atoms with van der Waals surface area (Å²) >= 11 is 0. The van der Waals surface area contributed by atoms with Gasteiger partial charge in [0.1, 0.15) is 5.82 Å². The van der Waals surface area contributed by atoms with E-state index in [2.05, 4.69) is 44.7 Å². The maximum Gasteiger partial charge on any atom is 0.181 e. The number of nitrogens with one attached hydrogen (secondary N) is 2. The number of aromatic nitrogens is 5. The van der Waals surface area contributed by atoms with Crippen molar-refractivity contribution in [3.8, 4) is 11.4 Å². The van der Waals surface area contributed by atoms with Crippen molar-refractivity contribution >= 4 is 5.69 Å². The second-order valence-corrected chi connectivity index (χ2v) is 5.43. The van der Waals surface area contributed by atoms with Crippen LogP contribution in [0.5, 0.6) is 0 Å². The number of aryl methyl sites for hydroxylation is 2. The van der Waals surface area contributed by atoms with Crippen LogP contribution in [0.25, 0.3) is 11.4 Å². The Balaban J connectivity index is 1.62. The minimum absolute atomic E-state index is 0.355. The van der Waals surface area contributed by atoms with Crippen molar-refractivity contribution in [1.29, 1.82) is 0 Å². The Hall–Kier alpha value is -2.63. The first-order valence-corrected chi connectivity index (χ1v) is 7.44. The van der Waals surface area contributed by atoms with Crippen LogP contribution in [0.2, 0.25) is 0 Å². The van der Waals surface area contributed by atoms with Crippen LogP contribution in [0.1, 0.15) is 19.2 Å². The van der Waals surface area contributed by atoms with Gasteiger partial charge in [0.15, 0.2) is 5.82 Å². The molecule has 0 spiro atoms. The van der Waals surface area contributed by atoms with Crippen LogP contribution in [0.15, 0.2) is 42.7 Å². The summed E-state index contributed by atoms with van der Waals surface area (Å²) in [6, 6.07) is 10.5. The molecule has 3 aromatic rings. The molecule has 1 unspecified atom stereocenters. The van der Waals surface area contributed by atoms with Crippen molar-refractivity contribution in [3.05, 3.63) is 48.5 Å². The normalized spacial score (nSPS) is 12.3. The van der Waals surface area contributed by atoms with E-state index in [1.807, 2.05) is 36.0 Å². The molecule has 2 heterocycles. The molecule has 0 aliphatic rings. The number of hydrogen-bond acceptors (Lipinski definition) is 4. The van der Waals surface area contributed by atoms with Gasteiger partial charge in [-0.2, -0.15) is 10.2 Å². The summed E-state index contributed by atoms with van der Waals surface area (Å²) in [5.74, 6) is 1.55. The highest BCUT2D eigenvalue weighted by Gasteiger charge is 2.07. The van der Waals surface area contributed by atoms with Crippen LogP contribution >= 0.6 is 0 Å². The Morgan fingerprint density at radius 2 is 2.23 bits per heavy atom. The predicted octanol–water partition coefficient (Wildman–Crippen LogP) is 2.87. The van der Waals surface area contributed by atoms with E-state index in [9.17, 15) is 0 Å². The van der Waals surface area contributed by atoms with Gasteiger partial charge in [0, 0.05) is 36.2 Å². The zero-order valence-electron chi connectivity index (χ0n) is 12.8. The van der Waals surface area contributed by atoms with Gasteiger partial charge < -0.3 is 5.32 Å². The molecule has 6 heteroatoms. The molecule has 2 aromatic heterocycles. The molecule has 0 saturated carbocycles. The highest BCUT2D eigenvalue weighted by Crippen LogP contribution is 2.20. The summed E-state index contributed by atoms with van der Waals surface area (Å²) in [5.41, 5.74) is 2.08. The van der Waals surface area contributed by atoms with Crippen molar-refractivity contribution in [2.24, 2.45) is 0 Å². The van der Waals surface area contributed by atoms with Crippen LogP contribution in [0, 0.1) is 6.92 Å². The molecule has 0 amide bonds. The van der Waals surface area contributed by atoms with Gasteiger partial charge in [-0.15, -0.1) is 0 Å². The molecule has 0 fully saturated rings. The van der Waals surface area contributed by atoms with Gasteiger partial charge in [-0.1, -0.05) is 12.1 Å². The fraction of sp³-hybridized carbons (Fsp3) is 0.312. The molecule has 2 N–H and O–H groups in total. The molecule has 6 nitrogen and oxygen atoms in total. The summed E-state index contributed by atoms with van der Waals surface area (Å²) in [7, 11) is 0. The average Bonchev–Trinajstić information content (AvgIpc) is 3.17. The lowest BCUT2D eigenvalue weighted by atomic mass is 10.1. The van der Waals surface area contributed by atoms with Crippen molar-refractivity contribution in [1.82, 2.24) is 25.0 Å². The molecular weight excluding hydrogens is 276 g/mol. The zero-order valence-corrected chi connectivity index (χ0v) is 12.8. The number of aromatic amines is 1. The zero-order chi connectivity index (χ0) is 15.4. The summed E-state index contributed by atoms with van der Waals surface area (Å²) in [6.45, 7) is 4.98. The van der Waals surface area contributed by atoms with E-state index < -0.39 is 0 Å². The number of nitrogens with zero attached hydrogens (tertiary/aromatic N) is 4. The third-order valence-electron chi connectivity index (χ3n) is 3.48. The molecule has 114 valence electrons. The summed E-state index contributed by atoms with van der Waals surface area (Å²) < 4.78 is 1.95. The van der Waals surface area contributed by atoms with E-state index in [1.54, 1.807) is 6.20 Å². The summed E-state index contributed by atoms with van der Waals surface area (Å²) in [4.78, 5) is 4.37. The van der Waals surface area contributed by atoms with Crippen LogP contribution in [-0.4, -0.2) is 31.0 Å². The Morgan fingerprint density at radius 1 is 1.32 bits per heavy atom. The van der Waals surface area contributed by atoms with E-state index in [0.717, 1.165) is 35.9 Å². The lowest BCUT2D eigenvalue weighted by Gasteiger charge is -2.15. The van der Waals surface area contributed by atoms with E-state index in [4.69, 9.17) is 0 Å². The Kier molecular flexibility index (Phi) is 4.18. The fourth-order valence-corrected chi connectivity index (χ4v) is 2.34. The largest absolute Gasteiger partial charge is 0.383 e. The minimum Gasteiger partial charge on any atom is -0.383 e. The molecular formula is C16H20N6. The Bertz CT molecular complexity index is 716. The quantitative estimate of drug-likeness (QED) is 0.733. The van der Waals surface area contributed by atoms with E-state index >= 15 is 0 Å². The lowest BCUT2D eigenvalue weighted by molar-refractivity contribution is 0.546. The molecule has 22 heavy (non-hydrogen) atoms. The molecule has 0 radical (unpaired) electrons. The van der Waals surface area contributed by atoms with Crippen LogP contribution in [0.3, 0.4) is 0 Å². The van der Waals surface area contributed by atoms with Crippen molar-refractivity contribution in [2.45, 2.75) is 32.9 Å². The summed E-state index contributed by atoms with van der Waals surface area (Å²) in [6.07, 6.45) is 4.80. The SMILES string of the molecule is Cc1nc(-c2cccc(NC(C)CCn3cccn3)c2)n[nH]1. The van der Waals surface area contributed by atoms with Crippen LogP contribution < -0.4 is 5.32 Å². The third-order valence-corrected chi connectivity index (χ3v) is 3.48. The van der Waals surface area contributed by atoms with Gasteiger partial charge >= 0.3 is 0 Å². The number of hydrogen-bond donors (Lipinski definition) is 2. The summed E-state index contributed by atoms with van der Waals surface area (Å²) in [5, 5.41) is 14.8. The second kappa shape index (κ2) is 6.43. The number of anilines is 1. The topological polar surface area (TPSA) is 71.4 Å². The average molecular weight is 296 g/mol. The van der Waals surface area contributed by atoms with Gasteiger partial charge in [-0.3, -0.25) is 9.78 Å². The highest BCUT2D eigenvalue weighted by molar-refractivity contribution is 5.62. The maximum atomic E-state index is 4.37. The van der Waals surface area contributed by atoms with Gasteiger partial charge in [0.05, 0.1) is 0 Å². The monoisotopic (exact) mass is 296 g/mol. The molecule has 3 rings (SSSR count). The van der Waals surface area contributed by atoms with E-state index in [-0.39, 0.29) is 0 Å². The van der Waals surface area contributed by atoms with Crippen molar-refractivity contribution in [2.75, 3.05) is 5.32 Å². The fourth-order valence-electron chi connectivity index (χ4n) is 2.34. The first-order valence-electron chi connectivity index (χ1n) is 7.44. The molecule has 0 aliphatic carbocycles. The first-order chi connectivity index (χ1) is 10.7. The van der Waals surface area contributed by atoms with Crippen molar-refractivity contribution in [3.63, 3.8) is 0 Å². The molecule has 1 aromatic carbocycles. The second-order valence-electron chi connectivity index (χ2n) is 5.43. The highest BCUT2D eigenvalue weighted by atomic mass is 15.3. The van der Waals surface area contributed by atoms with Gasteiger partial charge in [-0.25, -0.2) is 4.98 Å². The van der Waals surface area contributed by atoms with Crippen molar-refractivity contribution < 1.29 is 0 Å². The van der Waals surface area contributed by atoms with E-state index in [1.165, 1.54) is 0 Å². The van der Waals surface area contributed by atoms with Gasteiger partial charge in [-0.05, 0) is 38.5 Å². The number of rotatable bonds is 6. The van der Waals surface area contributed by atoms with Crippen LogP contribution in [-0.2, 0) is 6.54 Å². The van der Waals surface area contributed by atoms with Gasteiger partial charge in [0.25, 0.3) is 0 Å². The molecule has 0 bridgehead atoms. The smallest absolute Gasteiger partial charge is 0.181 e. The van der Waals surface area contributed by atoms with Gasteiger partial charge in [0.2, 0.25) is 0 Å². The maximum absolute atomic E-state index is 4.37. The lowest BCUT2D eigenvalue weighted by Crippen LogP contribution is -2.17. The first kappa shape index (κ1) is 14.3. The molecule has 1 atom stereocenters. The molecule has 0 saturated heterocycles. The third kappa shape index (κ3) is 3.52. The molecule has 0 aliphatic heterocycles. The standard InChI is InChI=1S/C16H20N6/c1-12(7-10-22-9-4-8-17-22)18-15-6-3-5-14(11-15)16-19-13(2)20-21-16/h3-6,8-9,11-12,18H,7,10H2,1-2H3,(H,19,20,21). The predicted molar refractivity (Wildman–Crippen MR) is 86.5 cm³/mol. The Morgan fingerprint density at radius 3 is 2.95 bits per heavy atom. The number of benzene rings is 1. The minimum atomic E-state index is 0.355. The van der Waals surface area contributed by atoms with Crippen LogP contribution in [0.4, 0.5) is 5.69 Å².